The zero-order valence-electron chi connectivity index (χ0n) is 14.4. The van der Waals surface area contributed by atoms with Crippen molar-refractivity contribution in [1.82, 2.24) is 25.1 Å². The summed E-state index contributed by atoms with van der Waals surface area (Å²) in [5.41, 5.74) is 1.52. The van der Waals surface area contributed by atoms with E-state index in [1.54, 1.807) is 16.6 Å². The van der Waals surface area contributed by atoms with E-state index in [1.165, 1.54) is 12.7 Å². The van der Waals surface area contributed by atoms with Crippen molar-refractivity contribution in [3.63, 3.8) is 0 Å². The molecule has 0 unspecified atom stereocenters. The highest BCUT2D eigenvalue weighted by atomic mass is 16.5. The molecule has 0 aliphatic heterocycles. The van der Waals surface area contributed by atoms with Crippen molar-refractivity contribution in [2.75, 3.05) is 14.2 Å². The summed E-state index contributed by atoms with van der Waals surface area (Å²) in [5, 5.41) is 12.4. The second-order valence-corrected chi connectivity index (χ2v) is 6.37. The molecular weight excluding hydrogens is 306 g/mol. The topological polar surface area (TPSA) is 73.1 Å². The van der Waals surface area contributed by atoms with Crippen LogP contribution < -0.4 is 0 Å². The zero-order chi connectivity index (χ0) is 17.2. The van der Waals surface area contributed by atoms with Crippen LogP contribution in [0.4, 0.5) is 4.79 Å². The molecule has 1 fully saturated rings. The van der Waals surface area contributed by atoms with Gasteiger partial charge in [0.05, 0.1) is 12.8 Å². The Balaban J connectivity index is 2.08. The van der Waals surface area contributed by atoms with E-state index in [9.17, 15) is 4.79 Å². The van der Waals surface area contributed by atoms with Crippen LogP contribution in [0.25, 0.3) is 5.69 Å². The molecule has 0 bridgehead atoms. The standard InChI is InChI=1S/C17H23N5O2/c1-13-7-9-14(10-8-13)22-15(18-19-20-22)17(11-5-4-6-12-17)21(2)16(23)24-3/h7-10H,4-6,11-12H2,1-3H3. The van der Waals surface area contributed by atoms with Crippen LogP contribution in [0.2, 0.25) is 0 Å². The van der Waals surface area contributed by atoms with Crippen LogP contribution in [-0.4, -0.2) is 45.4 Å². The highest BCUT2D eigenvalue weighted by Gasteiger charge is 2.45. The third-order valence-electron chi connectivity index (χ3n) is 4.94. The molecule has 1 aromatic carbocycles. The molecule has 24 heavy (non-hydrogen) atoms. The van der Waals surface area contributed by atoms with Crippen LogP contribution in [0.1, 0.15) is 43.5 Å². The number of rotatable bonds is 3. The lowest BCUT2D eigenvalue weighted by Crippen LogP contribution is -2.50. The van der Waals surface area contributed by atoms with Gasteiger partial charge in [0.2, 0.25) is 0 Å². The fraction of sp³-hybridized carbons (Fsp3) is 0.529. The number of aryl methyl sites for hydroxylation is 1. The number of hydrogen-bond acceptors (Lipinski definition) is 5. The molecule has 1 aliphatic rings. The molecule has 128 valence electrons. The van der Waals surface area contributed by atoms with Crippen molar-refractivity contribution in [2.24, 2.45) is 0 Å². The smallest absolute Gasteiger partial charge is 0.410 e. The van der Waals surface area contributed by atoms with E-state index in [0.717, 1.165) is 37.8 Å². The summed E-state index contributed by atoms with van der Waals surface area (Å²) in [7, 11) is 3.17. The molecule has 1 amide bonds. The largest absolute Gasteiger partial charge is 0.453 e. The van der Waals surface area contributed by atoms with Crippen molar-refractivity contribution >= 4 is 6.09 Å². The summed E-state index contributed by atoms with van der Waals surface area (Å²) in [4.78, 5) is 13.9. The average Bonchev–Trinajstić information content (AvgIpc) is 3.12. The number of hydrogen-bond donors (Lipinski definition) is 0. The first-order valence-corrected chi connectivity index (χ1v) is 8.26. The number of ether oxygens (including phenoxy) is 1. The van der Waals surface area contributed by atoms with Crippen molar-refractivity contribution in [1.29, 1.82) is 0 Å². The van der Waals surface area contributed by atoms with Crippen LogP contribution in [-0.2, 0) is 10.3 Å². The van der Waals surface area contributed by atoms with Gasteiger partial charge in [0.25, 0.3) is 0 Å². The number of amides is 1. The molecule has 0 N–H and O–H groups in total. The quantitative estimate of drug-likeness (QED) is 0.866. The zero-order valence-corrected chi connectivity index (χ0v) is 14.4. The van der Waals surface area contributed by atoms with Gasteiger partial charge >= 0.3 is 6.09 Å². The fourth-order valence-electron chi connectivity index (χ4n) is 3.49. The molecule has 3 rings (SSSR count). The Hall–Kier alpha value is -2.44. The van der Waals surface area contributed by atoms with Crippen LogP contribution in [0, 0.1) is 6.92 Å². The highest BCUT2D eigenvalue weighted by molar-refractivity contribution is 5.68. The number of aromatic nitrogens is 4. The van der Waals surface area contributed by atoms with E-state index in [-0.39, 0.29) is 6.09 Å². The first kappa shape index (κ1) is 16.4. The van der Waals surface area contributed by atoms with Gasteiger partial charge in [-0.25, -0.2) is 4.79 Å². The van der Waals surface area contributed by atoms with Gasteiger partial charge in [-0.15, -0.1) is 5.10 Å². The third-order valence-corrected chi connectivity index (χ3v) is 4.94. The van der Waals surface area contributed by atoms with Gasteiger partial charge in [0, 0.05) is 7.05 Å². The monoisotopic (exact) mass is 329 g/mol. The summed E-state index contributed by atoms with van der Waals surface area (Å²) in [6.07, 6.45) is 4.50. The molecule has 1 saturated carbocycles. The Morgan fingerprint density at radius 1 is 1.21 bits per heavy atom. The normalized spacial score (nSPS) is 16.6. The minimum Gasteiger partial charge on any atom is -0.453 e. The van der Waals surface area contributed by atoms with Gasteiger partial charge in [-0.05, 0) is 42.3 Å². The van der Waals surface area contributed by atoms with E-state index < -0.39 is 5.54 Å². The maximum absolute atomic E-state index is 12.2. The Morgan fingerprint density at radius 3 is 2.50 bits per heavy atom. The van der Waals surface area contributed by atoms with Crippen molar-refractivity contribution in [3.05, 3.63) is 35.7 Å². The summed E-state index contributed by atoms with van der Waals surface area (Å²) in [6, 6.07) is 8.03. The minimum absolute atomic E-state index is 0.365. The van der Waals surface area contributed by atoms with Gasteiger partial charge in [-0.3, -0.25) is 4.90 Å². The lowest BCUT2D eigenvalue weighted by Gasteiger charge is -2.42. The fourth-order valence-corrected chi connectivity index (χ4v) is 3.49. The maximum atomic E-state index is 12.2. The Morgan fingerprint density at radius 2 is 1.88 bits per heavy atom. The Kier molecular flexibility index (Phi) is 4.51. The van der Waals surface area contributed by atoms with Crippen LogP contribution in [0.5, 0.6) is 0 Å². The van der Waals surface area contributed by atoms with Crippen LogP contribution in [0.15, 0.2) is 24.3 Å². The number of methoxy groups -OCH3 is 1. The molecule has 7 heteroatoms. The maximum Gasteiger partial charge on any atom is 0.410 e. The van der Waals surface area contributed by atoms with E-state index in [2.05, 4.69) is 15.5 Å². The van der Waals surface area contributed by atoms with Crippen molar-refractivity contribution in [2.45, 2.75) is 44.6 Å². The second kappa shape index (κ2) is 6.59. The molecular formula is C17H23N5O2. The third kappa shape index (κ3) is 2.74. The van der Waals surface area contributed by atoms with Gasteiger partial charge < -0.3 is 4.74 Å². The van der Waals surface area contributed by atoms with E-state index in [0.29, 0.717) is 5.82 Å². The summed E-state index contributed by atoms with van der Waals surface area (Å²) >= 11 is 0. The number of carbonyl (C=O) groups is 1. The van der Waals surface area contributed by atoms with Gasteiger partial charge in [-0.2, -0.15) is 4.68 Å². The molecule has 0 radical (unpaired) electrons. The van der Waals surface area contributed by atoms with E-state index in [1.807, 2.05) is 31.2 Å². The van der Waals surface area contributed by atoms with Crippen LogP contribution in [0.3, 0.4) is 0 Å². The number of carbonyl (C=O) groups excluding carboxylic acids is 1. The predicted octanol–water partition coefficient (Wildman–Crippen LogP) is 2.83. The summed E-state index contributed by atoms with van der Waals surface area (Å²) in [6.45, 7) is 2.04. The number of nitrogens with zero attached hydrogens (tertiary/aromatic N) is 5. The molecule has 1 aliphatic carbocycles. The van der Waals surface area contributed by atoms with Gasteiger partial charge in [0.15, 0.2) is 5.82 Å². The SMILES string of the molecule is COC(=O)N(C)C1(c2nnnn2-c2ccc(C)cc2)CCCCC1. The lowest BCUT2D eigenvalue weighted by molar-refractivity contribution is 0.0472. The molecule has 0 spiro atoms. The predicted molar refractivity (Wildman–Crippen MR) is 88.8 cm³/mol. The van der Waals surface area contributed by atoms with Gasteiger partial charge in [0.1, 0.15) is 5.54 Å². The molecule has 2 aromatic rings. The van der Waals surface area contributed by atoms with Gasteiger partial charge in [-0.1, -0.05) is 37.0 Å². The first-order valence-electron chi connectivity index (χ1n) is 8.26. The minimum atomic E-state index is -0.542. The highest BCUT2D eigenvalue weighted by Crippen LogP contribution is 2.41. The Bertz CT molecular complexity index is 704. The number of benzene rings is 1. The van der Waals surface area contributed by atoms with E-state index in [4.69, 9.17) is 4.74 Å². The van der Waals surface area contributed by atoms with E-state index >= 15 is 0 Å². The Labute approximate surface area is 141 Å². The number of tetrazole rings is 1. The molecule has 0 saturated heterocycles. The molecule has 0 atom stereocenters. The average molecular weight is 329 g/mol. The second-order valence-electron chi connectivity index (χ2n) is 6.37. The van der Waals surface area contributed by atoms with Crippen molar-refractivity contribution in [3.8, 4) is 5.69 Å². The summed E-state index contributed by atoms with van der Waals surface area (Å²) < 4.78 is 6.70. The van der Waals surface area contributed by atoms with Crippen LogP contribution >= 0.6 is 0 Å². The molecule has 1 heterocycles. The molecule has 1 aromatic heterocycles. The first-order chi connectivity index (χ1) is 11.6. The molecule has 7 nitrogen and oxygen atoms in total. The lowest BCUT2D eigenvalue weighted by atomic mass is 9.79. The summed E-state index contributed by atoms with van der Waals surface area (Å²) in [5.74, 6) is 0.693. The van der Waals surface area contributed by atoms with Crippen molar-refractivity contribution < 1.29 is 9.53 Å².